The van der Waals surface area contributed by atoms with Gasteiger partial charge in [-0.3, -0.25) is 9.78 Å². The van der Waals surface area contributed by atoms with Crippen molar-refractivity contribution in [1.82, 2.24) is 14.9 Å². The summed E-state index contributed by atoms with van der Waals surface area (Å²) in [6.45, 7) is 4.78. The Morgan fingerprint density at radius 2 is 2.00 bits per heavy atom. The molecule has 1 aromatic carbocycles. The highest BCUT2D eigenvalue weighted by Crippen LogP contribution is 2.33. The summed E-state index contributed by atoms with van der Waals surface area (Å²) in [4.78, 5) is 24.8. The topological polar surface area (TPSA) is 46.1 Å². The molecule has 0 spiro atoms. The highest BCUT2D eigenvalue weighted by Gasteiger charge is 2.32. The molecule has 1 aliphatic heterocycles. The van der Waals surface area contributed by atoms with E-state index in [1.165, 1.54) is 22.5 Å². The number of pyridine rings is 1. The van der Waals surface area contributed by atoms with Crippen LogP contribution in [0.3, 0.4) is 0 Å². The molecule has 2 aromatic heterocycles. The van der Waals surface area contributed by atoms with Crippen LogP contribution in [0.4, 0.5) is 0 Å². The number of hydrogen-bond acceptors (Lipinski definition) is 4. The maximum absolute atomic E-state index is 13.0. The molecule has 0 unspecified atom stereocenters. The summed E-state index contributed by atoms with van der Waals surface area (Å²) >= 11 is 1.43. The number of carbonyl (C=O) groups is 1. The summed E-state index contributed by atoms with van der Waals surface area (Å²) in [5.74, 6) is 0.0863. The van der Waals surface area contributed by atoms with Gasteiger partial charge in [0.2, 0.25) is 0 Å². The zero-order valence-electron chi connectivity index (χ0n) is 15.7. The molecular formula is C22H23N3OS. The van der Waals surface area contributed by atoms with E-state index in [-0.39, 0.29) is 11.9 Å². The standard InChI is InChI=1S/C22H23N3OS/c1-15-8-10-17(11-9-15)13-18-5-3-6-19(24-18)20-7-4-12-25(20)22(26)21-16(2)23-14-27-21/h3,5-6,8-11,14,20H,4,7,12-13H2,1-2H3/t20-/m0/s1. The monoisotopic (exact) mass is 377 g/mol. The first-order chi connectivity index (χ1) is 13.1. The Morgan fingerprint density at radius 1 is 1.19 bits per heavy atom. The first-order valence-electron chi connectivity index (χ1n) is 9.34. The highest BCUT2D eigenvalue weighted by molar-refractivity contribution is 7.11. The number of rotatable bonds is 4. The van der Waals surface area contributed by atoms with Crippen molar-refractivity contribution in [3.63, 3.8) is 0 Å². The molecule has 5 heteroatoms. The molecule has 0 saturated carbocycles. The Hall–Kier alpha value is -2.53. The van der Waals surface area contributed by atoms with Gasteiger partial charge >= 0.3 is 0 Å². The van der Waals surface area contributed by atoms with Gasteiger partial charge < -0.3 is 4.90 Å². The van der Waals surface area contributed by atoms with Crippen molar-refractivity contribution in [3.05, 3.63) is 81.1 Å². The molecule has 4 rings (SSSR count). The van der Waals surface area contributed by atoms with E-state index in [1.54, 1.807) is 5.51 Å². The molecule has 1 aliphatic rings. The van der Waals surface area contributed by atoms with Crippen molar-refractivity contribution in [2.24, 2.45) is 0 Å². The van der Waals surface area contributed by atoms with E-state index in [2.05, 4.69) is 54.4 Å². The molecule has 4 nitrogen and oxygen atoms in total. The first kappa shape index (κ1) is 17.9. The third-order valence-corrected chi connectivity index (χ3v) is 6.05. The Labute approximate surface area is 163 Å². The normalized spacial score (nSPS) is 16.7. The van der Waals surface area contributed by atoms with Crippen molar-refractivity contribution in [3.8, 4) is 0 Å². The Bertz CT molecular complexity index is 948. The number of thiazole rings is 1. The van der Waals surface area contributed by atoms with Crippen LogP contribution in [-0.2, 0) is 6.42 Å². The average Bonchev–Trinajstić information content (AvgIpc) is 3.32. The summed E-state index contributed by atoms with van der Waals surface area (Å²) < 4.78 is 0. The summed E-state index contributed by atoms with van der Waals surface area (Å²) in [6, 6.07) is 14.8. The van der Waals surface area contributed by atoms with E-state index in [9.17, 15) is 4.79 Å². The van der Waals surface area contributed by atoms with Gasteiger partial charge in [-0.25, -0.2) is 4.98 Å². The second kappa shape index (κ2) is 7.61. The van der Waals surface area contributed by atoms with E-state index in [0.29, 0.717) is 0 Å². The number of aryl methyl sites for hydroxylation is 2. The van der Waals surface area contributed by atoms with Crippen LogP contribution in [-0.4, -0.2) is 27.3 Å². The molecule has 1 amide bonds. The van der Waals surface area contributed by atoms with Crippen molar-refractivity contribution in [2.45, 2.75) is 39.2 Å². The summed E-state index contributed by atoms with van der Waals surface area (Å²) in [5, 5.41) is 0. The van der Waals surface area contributed by atoms with Crippen LogP contribution in [0.5, 0.6) is 0 Å². The predicted molar refractivity (Wildman–Crippen MR) is 108 cm³/mol. The number of aromatic nitrogens is 2. The molecular weight excluding hydrogens is 354 g/mol. The van der Waals surface area contributed by atoms with Crippen LogP contribution in [0.2, 0.25) is 0 Å². The predicted octanol–water partition coefficient (Wildman–Crippen LogP) is 4.72. The highest BCUT2D eigenvalue weighted by atomic mass is 32.1. The fourth-order valence-electron chi connectivity index (χ4n) is 3.65. The van der Waals surface area contributed by atoms with Crippen molar-refractivity contribution < 1.29 is 4.79 Å². The van der Waals surface area contributed by atoms with Crippen LogP contribution >= 0.6 is 11.3 Å². The Morgan fingerprint density at radius 3 is 2.74 bits per heavy atom. The van der Waals surface area contributed by atoms with Crippen molar-refractivity contribution in [2.75, 3.05) is 6.54 Å². The van der Waals surface area contributed by atoms with E-state index in [4.69, 9.17) is 4.98 Å². The smallest absolute Gasteiger partial charge is 0.266 e. The number of likely N-dealkylation sites (tertiary alicyclic amines) is 1. The van der Waals surface area contributed by atoms with E-state index < -0.39 is 0 Å². The van der Waals surface area contributed by atoms with E-state index in [1.807, 2.05) is 11.8 Å². The van der Waals surface area contributed by atoms with Crippen LogP contribution in [0.15, 0.2) is 48.0 Å². The molecule has 0 N–H and O–H groups in total. The molecule has 27 heavy (non-hydrogen) atoms. The number of hydrogen-bond donors (Lipinski definition) is 0. The van der Waals surface area contributed by atoms with Gasteiger partial charge in [0.1, 0.15) is 4.88 Å². The summed E-state index contributed by atoms with van der Waals surface area (Å²) in [6.07, 6.45) is 2.78. The van der Waals surface area contributed by atoms with Gasteiger partial charge in [-0.2, -0.15) is 0 Å². The van der Waals surface area contributed by atoms with Gasteiger partial charge in [-0.15, -0.1) is 11.3 Å². The summed E-state index contributed by atoms with van der Waals surface area (Å²) in [5.41, 5.74) is 7.12. The molecule has 3 heterocycles. The molecule has 1 atom stereocenters. The van der Waals surface area contributed by atoms with Crippen LogP contribution in [0.25, 0.3) is 0 Å². The minimum absolute atomic E-state index is 0.0527. The SMILES string of the molecule is Cc1ccc(Cc2cccc([C@@H]3CCCN3C(=O)c3scnc3C)n2)cc1. The van der Waals surface area contributed by atoms with Crippen LogP contribution in [0.1, 0.15) is 56.8 Å². The van der Waals surface area contributed by atoms with Crippen molar-refractivity contribution >= 4 is 17.2 Å². The van der Waals surface area contributed by atoms with Gasteiger partial charge in [0, 0.05) is 18.7 Å². The Balaban J connectivity index is 1.56. The molecule has 1 saturated heterocycles. The van der Waals surface area contributed by atoms with Crippen LogP contribution in [0, 0.1) is 13.8 Å². The van der Waals surface area contributed by atoms with Crippen LogP contribution < -0.4 is 0 Å². The fourth-order valence-corrected chi connectivity index (χ4v) is 4.41. The maximum Gasteiger partial charge on any atom is 0.266 e. The molecule has 3 aromatic rings. The third-order valence-electron chi connectivity index (χ3n) is 5.13. The quantitative estimate of drug-likeness (QED) is 0.661. The lowest BCUT2D eigenvalue weighted by atomic mass is 10.1. The second-order valence-electron chi connectivity index (χ2n) is 7.14. The number of benzene rings is 1. The van der Waals surface area contributed by atoms with Gasteiger partial charge in [0.05, 0.1) is 22.9 Å². The zero-order chi connectivity index (χ0) is 18.8. The molecule has 0 radical (unpaired) electrons. The van der Waals surface area contributed by atoms with Gasteiger partial charge in [-0.1, -0.05) is 35.9 Å². The van der Waals surface area contributed by atoms with Crippen molar-refractivity contribution in [1.29, 1.82) is 0 Å². The second-order valence-corrected chi connectivity index (χ2v) is 7.99. The lowest BCUT2D eigenvalue weighted by Gasteiger charge is -2.24. The van der Waals surface area contributed by atoms with E-state index >= 15 is 0 Å². The lowest BCUT2D eigenvalue weighted by Crippen LogP contribution is -2.31. The zero-order valence-corrected chi connectivity index (χ0v) is 16.5. The molecule has 0 aliphatic carbocycles. The molecule has 0 bridgehead atoms. The number of nitrogens with zero attached hydrogens (tertiary/aromatic N) is 3. The molecule has 138 valence electrons. The molecule has 1 fully saturated rings. The minimum Gasteiger partial charge on any atom is -0.329 e. The van der Waals surface area contributed by atoms with Gasteiger partial charge in [0.15, 0.2) is 0 Å². The third kappa shape index (κ3) is 3.78. The maximum atomic E-state index is 13.0. The minimum atomic E-state index is 0.0527. The summed E-state index contributed by atoms with van der Waals surface area (Å²) in [7, 11) is 0. The number of amides is 1. The number of carbonyl (C=O) groups excluding carboxylic acids is 1. The first-order valence-corrected chi connectivity index (χ1v) is 10.2. The van der Waals surface area contributed by atoms with Gasteiger partial charge in [0.25, 0.3) is 5.91 Å². The van der Waals surface area contributed by atoms with Gasteiger partial charge in [-0.05, 0) is 44.4 Å². The Kier molecular flexibility index (Phi) is 5.03. The lowest BCUT2D eigenvalue weighted by molar-refractivity contribution is 0.0736. The average molecular weight is 378 g/mol. The van der Waals surface area contributed by atoms with E-state index in [0.717, 1.165) is 47.8 Å². The fraction of sp³-hybridized carbons (Fsp3) is 0.318. The largest absolute Gasteiger partial charge is 0.329 e.